The maximum Gasteiger partial charge on any atom is 0.407 e. The van der Waals surface area contributed by atoms with Crippen molar-refractivity contribution in [1.29, 1.82) is 0 Å². The van der Waals surface area contributed by atoms with Gasteiger partial charge in [0.2, 0.25) is 0 Å². The first-order valence-corrected chi connectivity index (χ1v) is 10.6. The molecule has 1 amide bonds. The number of hydrogen-bond acceptors (Lipinski definition) is 5. The molecule has 0 radical (unpaired) electrons. The minimum Gasteiger partial charge on any atom is -0.496 e. The van der Waals surface area contributed by atoms with Crippen LogP contribution in [0.3, 0.4) is 0 Å². The standard InChI is InChI=1S/C13H14N2O.C11H21NO2/c1-16-13-3-2-11(8-12(13)9-14)10-4-6-15-7-5-10;1-11(2,3)14-10(13)12-9-7-5-4-6-8-9/h2-8H,9,14H2,1H3;9H,4-8H2,1-3H3,(H,12,13). The smallest absolute Gasteiger partial charge is 0.407 e. The summed E-state index contributed by atoms with van der Waals surface area (Å²) in [6.07, 6.45) is 9.22. The number of carbonyl (C=O) groups is 1. The third-order valence-corrected chi connectivity index (χ3v) is 4.84. The second kappa shape index (κ2) is 11.6. The van der Waals surface area contributed by atoms with E-state index in [9.17, 15) is 4.79 Å². The van der Waals surface area contributed by atoms with Crippen molar-refractivity contribution in [3.8, 4) is 16.9 Å². The normalized spacial score (nSPS) is 14.3. The zero-order chi connectivity index (χ0) is 22.0. The van der Waals surface area contributed by atoms with Gasteiger partial charge in [0, 0.05) is 30.5 Å². The molecule has 0 atom stereocenters. The average Bonchev–Trinajstić information content (AvgIpc) is 2.73. The average molecular weight is 414 g/mol. The molecule has 6 nitrogen and oxygen atoms in total. The zero-order valence-corrected chi connectivity index (χ0v) is 18.6. The number of rotatable bonds is 4. The van der Waals surface area contributed by atoms with Crippen LogP contribution in [0.2, 0.25) is 0 Å². The summed E-state index contributed by atoms with van der Waals surface area (Å²) >= 11 is 0. The van der Waals surface area contributed by atoms with Crippen molar-refractivity contribution in [3.05, 3.63) is 48.3 Å². The molecule has 6 heteroatoms. The Kier molecular flexibility index (Phi) is 9.12. The number of nitrogens with zero attached hydrogens (tertiary/aromatic N) is 1. The Balaban J connectivity index is 0.000000216. The summed E-state index contributed by atoms with van der Waals surface area (Å²) in [6, 6.07) is 10.3. The van der Waals surface area contributed by atoms with Gasteiger partial charge in [-0.15, -0.1) is 0 Å². The van der Waals surface area contributed by atoms with Crippen LogP contribution < -0.4 is 15.8 Å². The highest BCUT2D eigenvalue weighted by molar-refractivity contribution is 5.68. The molecule has 3 N–H and O–H groups in total. The summed E-state index contributed by atoms with van der Waals surface area (Å²) in [6.45, 7) is 6.12. The predicted octanol–water partition coefficient (Wildman–Crippen LogP) is 5.06. The van der Waals surface area contributed by atoms with Crippen molar-refractivity contribution >= 4 is 6.09 Å². The minimum absolute atomic E-state index is 0.274. The van der Waals surface area contributed by atoms with Crippen molar-refractivity contribution in [2.24, 2.45) is 5.73 Å². The molecule has 0 spiro atoms. The molecule has 1 aromatic heterocycles. The molecule has 0 unspecified atom stereocenters. The maximum absolute atomic E-state index is 11.4. The summed E-state index contributed by atoms with van der Waals surface area (Å²) in [5, 5.41) is 2.91. The highest BCUT2D eigenvalue weighted by Gasteiger charge is 2.20. The fourth-order valence-corrected chi connectivity index (χ4v) is 3.38. The van der Waals surface area contributed by atoms with Crippen LogP contribution in [0.5, 0.6) is 5.75 Å². The zero-order valence-electron chi connectivity index (χ0n) is 18.6. The number of benzene rings is 1. The van der Waals surface area contributed by atoms with E-state index >= 15 is 0 Å². The Hall–Kier alpha value is -2.60. The molecule has 30 heavy (non-hydrogen) atoms. The largest absolute Gasteiger partial charge is 0.496 e. The molecule has 0 aliphatic heterocycles. The highest BCUT2D eigenvalue weighted by atomic mass is 16.6. The van der Waals surface area contributed by atoms with Gasteiger partial charge in [0.05, 0.1) is 7.11 Å². The van der Waals surface area contributed by atoms with Crippen LogP contribution in [-0.2, 0) is 11.3 Å². The monoisotopic (exact) mass is 413 g/mol. The maximum atomic E-state index is 11.4. The molecular weight excluding hydrogens is 378 g/mol. The van der Waals surface area contributed by atoms with Gasteiger partial charge in [-0.2, -0.15) is 0 Å². The summed E-state index contributed by atoms with van der Waals surface area (Å²) in [5.74, 6) is 0.834. The Morgan fingerprint density at radius 2 is 1.77 bits per heavy atom. The number of carbonyl (C=O) groups excluding carboxylic acids is 1. The van der Waals surface area contributed by atoms with Crippen LogP contribution in [0.25, 0.3) is 11.1 Å². The molecule has 1 saturated carbocycles. The van der Waals surface area contributed by atoms with Crippen LogP contribution in [0, 0.1) is 0 Å². The molecule has 1 fully saturated rings. The summed E-state index contributed by atoms with van der Waals surface area (Å²) in [4.78, 5) is 15.4. The molecule has 1 heterocycles. The first kappa shape index (κ1) is 23.7. The number of nitrogens with one attached hydrogen (secondary N) is 1. The first-order valence-electron chi connectivity index (χ1n) is 10.6. The van der Waals surface area contributed by atoms with Gasteiger partial charge < -0.3 is 20.5 Å². The SMILES string of the molecule is CC(C)(C)OC(=O)NC1CCCCC1.COc1ccc(-c2ccncc2)cc1CN. The van der Waals surface area contributed by atoms with Crippen LogP contribution >= 0.6 is 0 Å². The number of nitrogens with two attached hydrogens (primary N) is 1. The van der Waals surface area contributed by atoms with Crippen LogP contribution in [-0.4, -0.2) is 29.8 Å². The third-order valence-electron chi connectivity index (χ3n) is 4.84. The molecule has 0 saturated heterocycles. The van der Waals surface area contributed by atoms with E-state index in [1.165, 1.54) is 19.3 Å². The van der Waals surface area contributed by atoms with E-state index in [2.05, 4.69) is 10.3 Å². The number of hydrogen-bond donors (Lipinski definition) is 2. The molecule has 1 aromatic carbocycles. The quantitative estimate of drug-likeness (QED) is 0.732. The number of amides is 1. The van der Waals surface area contributed by atoms with Gasteiger partial charge in [-0.1, -0.05) is 25.3 Å². The Morgan fingerprint density at radius 3 is 2.33 bits per heavy atom. The molecule has 1 aliphatic rings. The van der Waals surface area contributed by atoms with Gasteiger partial charge in [0.1, 0.15) is 11.4 Å². The second-order valence-electron chi connectivity index (χ2n) is 8.45. The van der Waals surface area contributed by atoms with Gasteiger partial charge in [0.25, 0.3) is 0 Å². The number of pyridine rings is 1. The van der Waals surface area contributed by atoms with Gasteiger partial charge >= 0.3 is 6.09 Å². The topological polar surface area (TPSA) is 86.5 Å². The van der Waals surface area contributed by atoms with E-state index in [-0.39, 0.29) is 6.09 Å². The van der Waals surface area contributed by atoms with Crippen LogP contribution in [0.4, 0.5) is 4.79 Å². The molecule has 3 rings (SSSR count). The number of alkyl carbamates (subject to hydrolysis) is 1. The fraction of sp³-hybridized carbons (Fsp3) is 0.500. The summed E-state index contributed by atoms with van der Waals surface area (Å²) < 4.78 is 10.4. The van der Waals surface area contributed by atoms with Gasteiger partial charge in [0.15, 0.2) is 0 Å². The third kappa shape index (κ3) is 8.03. The number of methoxy groups -OCH3 is 1. The van der Waals surface area contributed by atoms with Gasteiger partial charge in [-0.3, -0.25) is 4.98 Å². The van der Waals surface area contributed by atoms with Gasteiger partial charge in [-0.05, 0) is 69.0 Å². The van der Waals surface area contributed by atoms with E-state index in [1.807, 2.05) is 51.1 Å². The van der Waals surface area contributed by atoms with Gasteiger partial charge in [-0.25, -0.2) is 4.79 Å². The lowest BCUT2D eigenvalue weighted by Crippen LogP contribution is -2.39. The van der Waals surface area contributed by atoms with Crippen molar-refractivity contribution in [1.82, 2.24) is 10.3 Å². The lowest BCUT2D eigenvalue weighted by molar-refractivity contribution is 0.0493. The molecule has 2 aromatic rings. The van der Waals surface area contributed by atoms with Crippen molar-refractivity contribution < 1.29 is 14.3 Å². The molecule has 0 bridgehead atoms. The lowest BCUT2D eigenvalue weighted by atomic mass is 9.96. The molecule has 164 valence electrons. The van der Waals surface area contributed by atoms with E-state index in [0.29, 0.717) is 12.6 Å². The molecular formula is C24H35N3O3. The van der Waals surface area contributed by atoms with E-state index < -0.39 is 5.60 Å². The highest BCUT2D eigenvalue weighted by Crippen LogP contribution is 2.25. The minimum atomic E-state index is -0.390. The second-order valence-corrected chi connectivity index (χ2v) is 8.45. The first-order chi connectivity index (χ1) is 14.3. The van der Waals surface area contributed by atoms with Crippen LogP contribution in [0.1, 0.15) is 58.4 Å². The predicted molar refractivity (Wildman–Crippen MR) is 120 cm³/mol. The lowest BCUT2D eigenvalue weighted by Gasteiger charge is -2.25. The number of aromatic nitrogens is 1. The Morgan fingerprint density at radius 1 is 1.10 bits per heavy atom. The van der Waals surface area contributed by atoms with E-state index in [1.54, 1.807) is 19.5 Å². The fourth-order valence-electron chi connectivity index (χ4n) is 3.38. The van der Waals surface area contributed by atoms with Crippen molar-refractivity contribution in [2.75, 3.05) is 7.11 Å². The Labute approximate surface area is 180 Å². The number of ether oxygens (including phenoxy) is 2. The van der Waals surface area contributed by atoms with E-state index in [4.69, 9.17) is 15.2 Å². The van der Waals surface area contributed by atoms with Crippen LogP contribution in [0.15, 0.2) is 42.7 Å². The Bertz CT molecular complexity index is 782. The molecule has 1 aliphatic carbocycles. The summed E-state index contributed by atoms with van der Waals surface area (Å²) in [5.41, 5.74) is 8.56. The van der Waals surface area contributed by atoms with Crippen molar-refractivity contribution in [3.63, 3.8) is 0 Å². The van der Waals surface area contributed by atoms with E-state index in [0.717, 1.165) is 35.3 Å². The summed E-state index contributed by atoms with van der Waals surface area (Å²) in [7, 11) is 1.65. The van der Waals surface area contributed by atoms with Crippen molar-refractivity contribution in [2.45, 2.75) is 71.1 Å².